The Morgan fingerprint density at radius 1 is 1.47 bits per heavy atom. The molecule has 0 bridgehead atoms. The predicted octanol–water partition coefficient (Wildman–Crippen LogP) is 1.21. The number of fused-ring (bicyclic) bond motifs is 3. The van der Waals surface area contributed by atoms with E-state index in [0.717, 1.165) is 36.6 Å². The molecular weight excluding hydrogens is 242 g/mol. The fourth-order valence-corrected chi connectivity index (χ4v) is 2.65. The SMILES string of the molecule is CCCOc1cccc2c1NC(=O)C1CNCCN21. The molecular formula is C14H19N3O2. The molecule has 0 spiro atoms. The molecule has 0 aromatic heterocycles. The van der Waals surface area contributed by atoms with Crippen molar-refractivity contribution < 1.29 is 9.53 Å². The third-order valence-electron chi connectivity index (χ3n) is 3.57. The number of carbonyl (C=O) groups is 1. The van der Waals surface area contributed by atoms with Gasteiger partial charge in [-0.1, -0.05) is 13.0 Å². The van der Waals surface area contributed by atoms with Gasteiger partial charge in [0.15, 0.2) is 0 Å². The molecule has 19 heavy (non-hydrogen) atoms. The summed E-state index contributed by atoms with van der Waals surface area (Å²) in [6.07, 6.45) is 0.952. The van der Waals surface area contributed by atoms with Crippen molar-refractivity contribution in [1.82, 2.24) is 5.32 Å². The van der Waals surface area contributed by atoms with Crippen molar-refractivity contribution >= 4 is 17.3 Å². The number of amides is 1. The second-order valence-electron chi connectivity index (χ2n) is 4.90. The summed E-state index contributed by atoms with van der Waals surface area (Å²) in [6.45, 7) is 5.19. The summed E-state index contributed by atoms with van der Waals surface area (Å²) in [7, 11) is 0. The Balaban J connectivity index is 1.96. The van der Waals surface area contributed by atoms with Gasteiger partial charge < -0.3 is 20.3 Å². The van der Waals surface area contributed by atoms with Crippen LogP contribution in [0.1, 0.15) is 13.3 Å². The lowest BCUT2D eigenvalue weighted by Crippen LogP contribution is -2.58. The van der Waals surface area contributed by atoms with Crippen molar-refractivity contribution in [2.75, 3.05) is 36.5 Å². The van der Waals surface area contributed by atoms with Gasteiger partial charge in [-0.3, -0.25) is 4.79 Å². The Hall–Kier alpha value is -1.75. The topological polar surface area (TPSA) is 53.6 Å². The van der Waals surface area contributed by atoms with Gasteiger partial charge in [-0.05, 0) is 18.6 Å². The minimum Gasteiger partial charge on any atom is -0.491 e. The number of piperazine rings is 1. The van der Waals surface area contributed by atoms with Crippen LogP contribution in [0, 0.1) is 0 Å². The molecule has 3 rings (SSSR count). The van der Waals surface area contributed by atoms with Crippen molar-refractivity contribution in [2.24, 2.45) is 0 Å². The molecule has 5 nitrogen and oxygen atoms in total. The Labute approximate surface area is 112 Å². The molecule has 2 heterocycles. The molecule has 102 valence electrons. The zero-order valence-corrected chi connectivity index (χ0v) is 11.1. The van der Waals surface area contributed by atoms with E-state index in [2.05, 4.69) is 22.5 Å². The van der Waals surface area contributed by atoms with E-state index in [9.17, 15) is 4.79 Å². The monoisotopic (exact) mass is 261 g/mol. The molecule has 0 aliphatic carbocycles. The zero-order valence-electron chi connectivity index (χ0n) is 11.1. The first kappa shape index (κ1) is 12.3. The summed E-state index contributed by atoms with van der Waals surface area (Å²) in [6, 6.07) is 5.84. The number of anilines is 2. The molecule has 1 saturated heterocycles. The number of para-hydroxylation sites is 1. The van der Waals surface area contributed by atoms with Gasteiger partial charge in [0, 0.05) is 19.6 Å². The van der Waals surface area contributed by atoms with E-state index in [1.165, 1.54) is 0 Å². The molecule has 1 fully saturated rings. The maximum Gasteiger partial charge on any atom is 0.248 e. The normalized spacial score (nSPS) is 21.4. The smallest absolute Gasteiger partial charge is 0.248 e. The summed E-state index contributed by atoms with van der Waals surface area (Å²) in [4.78, 5) is 14.3. The van der Waals surface area contributed by atoms with Gasteiger partial charge in [-0.25, -0.2) is 0 Å². The molecule has 2 aliphatic rings. The summed E-state index contributed by atoms with van der Waals surface area (Å²) in [5.74, 6) is 0.817. The highest BCUT2D eigenvalue weighted by atomic mass is 16.5. The van der Waals surface area contributed by atoms with E-state index in [4.69, 9.17) is 4.74 Å². The number of nitrogens with one attached hydrogen (secondary N) is 2. The molecule has 1 unspecified atom stereocenters. The molecule has 1 aromatic rings. The Bertz CT molecular complexity index is 490. The lowest BCUT2D eigenvalue weighted by molar-refractivity contribution is -0.117. The first-order valence-electron chi connectivity index (χ1n) is 6.85. The maximum atomic E-state index is 12.2. The minimum absolute atomic E-state index is 0.0484. The first-order valence-corrected chi connectivity index (χ1v) is 6.85. The summed E-state index contributed by atoms with van der Waals surface area (Å²) >= 11 is 0. The summed E-state index contributed by atoms with van der Waals surface area (Å²) in [5, 5.41) is 6.25. The van der Waals surface area contributed by atoms with Crippen LogP contribution in [0.5, 0.6) is 5.75 Å². The van der Waals surface area contributed by atoms with Gasteiger partial charge in [-0.15, -0.1) is 0 Å². The fraction of sp³-hybridized carbons (Fsp3) is 0.500. The third kappa shape index (κ3) is 2.14. The quantitative estimate of drug-likeness (QED) is 0.858. The average molecular weight is 261 g/mol. The highest BCUT2D eigenvalue weighted by Gasteiger charge is 2.35. The van der Waals surface area contributed by atoms with Crippen LogP contribution in [-0.4, -0.2) is 38.2 Å². The number of carbonyl (C=O) groups excluding carboxylic acids is 1. The number of ether oxygens (including phenoxy) is 1. The Morgan fingerprint density at radius 2 is 2.37 bits per heavy atom. The van der Waals surface area contributed by atoms with Gasteiger partial charge >= 0.3 is 0 Å². The van der Waals surface area contributed by atoms with Crippen molar-refractivity contribution in [3.05, 3.63) is 18.2 Å². The Kier molecular flexibility index (Phi) is 3.29. The van der Waals surface area contributed by atoms with E-state index >= 15 is 0 Å². The van der Waals surface area contributed by atoms with Crippen molar-refractivity contribution in [2.45, 2.75) is 19.4 Å². The highest BCUT2D eigenvalue weighted by molar-refractivity contribution is 6.05. The van der Waals surface area contributed by atoms with E-state index in [-0.39, 0.29) is 11.9 Å². The number of hydrogen-bond donors (Lipinski definition) is 2. The van der Waals surface area contributed by atoms with Crippen LogP contribution in [0.4, 0.5) is 11.4 Å². The maximum absolute atomic E-state index is 12.2. The largest absolute Gasteiger partial charge is 0.491 e. The third-order valence-corrected chi connectivity index (χ3v) is 3.57. The molecule has 1 amide bonds. The van der Waals surface area contributed by atoms with E-state index in [0.29, 0.717) is 13.2 Å². The van der Waals surface area contributed by atoms with Gasteiger partial charge in [0.2, 0.25) is 5.91 Å². The molecule has 2 aliphatic heterocycles. The van der Waals surface area contributed by atoms with Crippen LogP contribution in [0.15, 0.2) is 18.2 Å². The molecule has 0 saturated carbocycles. The molecule has 5 heteroatoms. The summed E-state index contributed by atoms with van der Waals surface area (Å²) < 4.78 is 5.72. The number of rotatable bonds is 3. The molecule has 2 N–H and O–H groups in total. The molecule has 1 aromatic carbocycles. The standard InChI is InChI=1S/C14H19N3O2/c1-2-8-19-12-5-3-4-10-13(12)16-14(18)11-9-15-6-7-17(10)11/h3-5,11,15H,2,6-9H2,1H3,(H,16,18). The van der Waals surface area contributed by atoms with Crippen LogP contribution in [-0.2, 0) is 4.79 Å². The van der Waals surface area contributed by atoms with Crippen molar-refractivity contribution in [3.63, 3.8) is 0 Å². The number of hydrogen-bond acceptors (Lipinski definition) is 4. The van der Waals surface area contributed by atoms with Crippen molar-refractivity contribution in [3.8, 4) is 5.75 Å². The average Bonchev–Trinajstić information content (AvgIpc) is 2.46. The van der Waals surface area contributed by atoms with Crippen LogP contribution in [0.2, 0.25) is 0 Å². The highest BCUT2D eigenvalue weighted by Crippen LogP contribution is 2.39. The molecule has 1 atom stereocenters. The van der Waals surface area contributed by atoms with Crippen LogP contribution in [0.3, 0.4) is 0 Å². The lowest BCUT2D eigenvalue weighted by Gasteiger charge is -2.41. The first-order chi connectivity index (χ1) is 9.31. The second-order valence-corrected chi connectivity index (χ2v) is 4.90. The predicted molar refractivity (Wildman–Crippen MR) is 74.9 cm³/mol. The van der Waals surface area contributed by atoms with Gasteiger partial charge in [-0.2, -0.15) is 0 Å². The van der Waals surface area contributed by atoms with E-state index in [1.54, 1.807) is 0 Å². The number of nitrogens with zero attached hydrogens (tertiary/aromatic N) is 1. The Morgan fingerprint density at radius 3 is 3.21 bits per heavy atom. The second kappa shape index (κ2) is 5.09. The fourth-order valence-electron chi connectivity index (χ4n) is 2.65. The van der Waals surface area contributed by atoms with Gasteiger partial charge in [0.1, 0.15) is 17.5 Å². The van der Waals surface area contributed by atoms with Crippen molar-refractivity contribution in [1.29, 1.82) is 0 Å². The van der Waals surface area contributed by atoms with Gasteiger partial charge in [0.05, 0.1) is 12.3 Å². The van der Waals surface area contributed by atoms with Crippen LogP contribution < -0.4 is 20.3 Å². The zero-order chi connectivity index (χ0) is 13.2. The van der Waals surface area contributed by atoms with Gasteiger partial charge in [0.25, 0.3) is 0 Å². The van der Waals surface area contributed by atoms with Crippen LogP contribution >= 0.6 is 0 Å². The molecule has 0 radical (unpaired) electrons. The van der Waals surface area contributed by atoms with E-state index in [1.807, 2.05) is 18.2 Å². The van der Waals surface area contributed by atoms with E-state index < -0.39 is 0 Å². The number of benzene rings is 1. The lowest BCUT2D eigenvalue weighted by atomic mass is 10.1. The summed E-state index contributed by atoms with van der Waals surface area (Å²) in [5.41, 5.74) is 1.89. The minimum atomic E-state index is -0.109. The van der Waals surface area contributed by atoms with Crippen LogP contribution in [0.25, 0.3) is 0 Å².